The maximum atomic E-state index is 13.7. The van der Waals surface area contributed by atoms with E-state index in [0.717, 1.165) is 17.1 Å². The van der Waals surface area contributed by atoms with Crippen molar-refractivity contribution in [2.75, 3.05) is 29.9 Å². The highest BCUT2D eigenvalue weighted by Gasteiger charge is 2.32. The molecule has 0 unspecified atom stereocenters. The van der Waals surface area contributed by atoms with Crippen LogP contribution in [-0.4, -0.2) is 56.8 Å². The first kappa shape index (κ1) is 28.9. The molecule has 2 amide bonds. The average molecular weight is 573 g/mol. The van der Waals surface area contributed by atoms with Crippen LogP contribution in [0.3, 0.4) is 0 Å². The van der Waals surface area contributed by atoms with E-state index in [1.165, 1.54) is 17.9 Å². The lowest BCUT2D eigenvalue weighted by Crippen LogP contribution is -2.51. The topological polar surface area (TPSA) is 105 Å². The van der Waals surface area contributed by atoms with Crippen molar-refractivity contribution in [1.82, 2.24) is 10.2 Å². The molecule has 202 valence electrons. The third kappa shape index (κ3) is 7.21. The van der Waals surface area contributed by atoms with Gasteiger partial charge in [0.15, 0.2) is 11.5 Å². The number of carbonyl (C=O) groups is 2. The molecule has 0 aliphatic carbocycles. The molecule has 1 atom stereocenters. The number of nitrogens with zero attached hydrogens (tertiary/aromatic N) is 2. The number of fused-ring (bicyclic) bond motifs is 1. The molecular formula is C25H31Cl2N3O6S. The number of rotatable bonds is 12. The standard InChI is InChI=1S/C25H31Cl2N3O6S/c1-4-6-11-28-25(32)17(3)29(14-18-7-8-19(26)12-21(18)27)24(31)15-30(37(33,34)5-2)20-9-10-22-23(13-20)36-16-35-22/h7-10,12-13,17H,4-6,11,14-16H2,1-3H3,(H,28,32)/t17-/m1/s1. The fourth-order valence-electron chi connectivity index (χ4n) is 3.71. The van der Waals surface area contributed by atoms with E-state index in [0.29, 0.717) is 33.7 Å². The Morgan fingerprint density at radius 3 is 2.49 bits per heavy atom. The summed E-state index contributed by atoms with van der Waals surface area (Å²) < 4.78 is 37.8. The normalized spacial score (nSPS) is 13.2. The summed E-state index contributed by atoms with van der Waals surface area (Å²) in [7, 11) is -3.86. The van der Waals surface area contributed by atoms with E-state index >= 15 is 0 Å². The first-order valence-electron chi connectivity index (χ1n) is 12.0. The summed E-state index contributed by atoms with van der Waals surface area (Å²) in [5.74, 6) is -0.279. The molecule has 0 fully saturated rings. The third-order valence-corrected chi connectivity index (χ3v) is 8.30. The van der Waals surface area contributed by atoms with Gasteiger partial charge in [-0.3, -0.25) is 13.9 Å². The Kier molecular flexibility index (Phi) is 9.92. The van der Waals surface area contributed by atoms with Crippen molar-refractivity contribution >= 4 is 50.7 Å². The number of sulfonamides is 1. The fraction of sp³-hybridized carbons (Fsp3) is 0.440. The van der Waals surface area contributed by atoms with Gasteiger partial charge in [-0.25, -0.2) is 8.42 Å². The third-order valence-electron chi connectivity index (χ3n) is 5.98. The highest BCUT2D eigenvalue weighted by molar-refractivity contribution is 7.92. The highest BCUT2D eigenvalue weighted by atomic mass is 35.5. The van der Waals surface area contributed by atoms with Gasteiger partial charge in [0.2, 0.25) is 28.6 Å². The fourth-order valence-corrected chi connectivity index (χ4v) is 5.23. The van der Waals surface area contributed by atoms with Gasteiger partial charge in [0.05, 0.1) is 11.4 Å². The zero-order valence-corrected chi connectivity index (χ0v) is 23.3. The first-order chi connectivity index (χ1) is 17.6. The molecule has 1 heterocycles. The molecule has 1 aliphatic rings. The van der Waals surface area contributed by atoms with E-state index in [4.69, 9.17) is 32.7 Å². The van der Waals surface area contributed by atoms with Gasteiger partial charge in [0, 0.05) is 29.2 Å². The summed E-state index contributed by atoms with van der Waals surface area (Å²) in [6.45, 7) is 5.06. The molecular weight excluding hydrogens is 541 g/mol. The summed E-state index contributed by atoms with van der Waals surface area (Å²) in [6.07, 6.45) is 1.69. The van der Waals surface area contributed by atoms with Crippen LogP contribution in [0.15, 0.2) is 36.4 Å². The predicted molar refractivity (Wildman–Crippen MR) is 144 cm³/mol. The van der Waals surface area contributed by atoms with Gasteiger partial charge in [-0.05, 0) is 50.1 Å². The number of carbonyl (C=O) groups excluding carboxylic acids is 2. The van der Waals surface area contributed by atoms with E-state index < -0.39 is 28.5 Å². The number of halogens is 2. The summed E-state index contributed by atoms with van der Waals surface area (Å²) in [5, 5.41) is 3.60. The molecule has 1 N–H and O–H groups in total. The van der Waals surface area contributed by atoms with Gasteiger partial charge < -0.3 is 19.7 Å². The van der Waals surface area contributed by atoms with Crippen LogP contribution in [0.25, 0.3) is 0 Å². The molecule has 0 saturated carbocycles. The number of nitrogens with one attached hydrogen (secondary N) is 1. The SMILES string of the molecule is CCCCNC(=O)[C@@H](C)N(Cc1ccc(Cl)cc1Cl)C(=O)CN(c1ccc2c(c1)OCO2)S(=O)(=O)CC. The predicted octanol–water partition coefficient (Wildman–Crippen LogP) is 4.21. The lowest BCUT2D eigenvalue weighted by Gasteiger charge is -2.32. The van der Waals surface area contributed by atoms with Crippen molar-refractivity contribution in [1.29, 1.82) is 0 Å². The van der Waals surface area contributed by atoms with Crippen LogP contribution in [0, 0.1) is 0 Å². The van der Waals surface area contributed by atoms with E-state index in [-0.39, 0.29) is 30.7 Å². The van der Waals surface area contributed by atoms with Crippen molar-refractivity contribution in [3.05, 3.63) is 52.0 Å². The minimum atomic E-state index is -3.86. The van der Waals surface area contributed by atoms with Crippen molar-refractivity contribution in [3.63, 3.8) is 0 Å². The molecule has 0 radical (unpaired) electrons. The molecule has 3 rings (SSSR count). The lowest BCUT2D eigenvalue weighted by atomic mass is 10.1. The van der Waals surface area contributed by atoms with Crippen LogP contribution in [0.1, 0.15) is 39.2 Å². The maximum Gasteiger partial charge on any atom is 0.244 e. The smallest absolute Gasteiger partial charge is 0.244 e. The number of ether oxygens (including phenoxy) is 2. The average Bonchev–Trinajstić information content (AvgIpc) is 3.34. The summed E-state index contributed by atoms with van der Waals surface area (Å²) >= 11 is 12.4. The molecule has 0 aromatic heterocycles. The Hall–Kier alpha value is -2.69. The van der Waals surface area contributed by atoms with Gasteiger partial charge in [0.25, 0.3) is 0 Å². The number of hydrogen-bond acceptors (Lipinski definition) is 6. The summed E-state index contributed by atoms with van der Waals surface area (Å²) in [4.78, 5) is 27.9. The second-order valence-electron chi connectivity index (χ2n) is 8.52. The second kappa shape index (κ2) is 12.7. The largest absolute Gasteiger partial charge is 0.454 e. The van der Waals surface area contributed by atoms with Crippen LogP contribution >= 0.6 is 23.2 Å². The maximum absolute atomic E-state index is 13.7. The Balaban J connectivity index is 1.93. The van der Waals surface area contributed by atoms with Crippen LogP contribution in [0.5, 0.6) is 11.5 Å². The monoisotopic (exact) mass is 571 g/mol. The molecule has 2 aromatic carbocycles. The molecule has 12 heteroatoms. The Morgan fingerprint density at radius 2 is 1.81 bits per heavy atom. The van der Waals surface area contributed by atoms with Gasteiger partial charge >= 0.3 is 0 Å². The van der Waals surface area contributed by atoms with Crippen molar-refractivity contribution in [3.8, 4) is 11.5 Å². The molecule has 37 heavy (non-hydrogen) atoms. The van der Waals surface area contributed by atoms with Crippen LogP contribution < -0.4 is 19.1 Å². The van der Waals surface area contributed by atoms with E-state index in [1.807, 2.05) is 6.92 Å². The Bertz CT molecular complexity index is 1240. The lowest BCUT2D eigenvalue weighted by molar-refractivity contribution is -0.139. The minimum absolute atomic E-state index is 0.0155. The molecule has 0 bridgehead atoms. The van der Waals surface area contributed by atoms with E-state index in [9.17, 15) is 18.0 Å². The highest BCUT2D eigenvalue weighted by Crippen LogP contribution is 2.36. The number of anilines is 1. The molecule has 2 aromatic rings. The molecule has 9 nitrogen and oxygen atoms in total. The van der Waals surface area contributed by atoms with Gasteiger partial charge in [0.1, 0.15) is 12.6 Å². The second-order valence-corrected chi connectivity index (χ2v) is 11.5. The number of unbranched alkanes of at least 4 members (excludes halogenated alkanes) is 1. The quantitative estimate of drug-likeness (QED) is 0.382. The van der Waals surface area contributed by atoms with Crippen molar-refractivity contribution in [2.45, 2.75) is 46.2 Å². The summed E-state index contributed by atoms with van der Waals surface area (Å²) in [5.41, 5.74) is 0.824. The van der Waals surface area contributed by atoms with Gasteiger partial charge in [-0.2, -0.15) is 0 Å². The van der Waals surface area contributed by atoms with E-state index in [1.54, 1.807) is 37.3 Å². The van der Waals surface area contributed by atoms with Crippen LogP contribution in [0.2, 0.25) is 10.0 Å². The van der Waals surface area contributed by atoms with Crippen LogP contribution in [0.4, 0.5) is 5.69 Å². The molecule has 0 saturated heterocycles. The molecule has 0 spiro atoms. The number of benzene rings is 2. The minimum Gasteiger partial charge on any atom is -0.454 e. The zero-order valence-electron chi connectivity index (χ0n) is 21.0. The number of amides is 2. The molecule has 1 aliphatic heterocycles. The first-order valence-corrected chi connectivity index (χ1v) is 14.3. The van der Waals surface area contributed by atoms with Crippen molar-refractivity contribution < 1.29 is 27.5 Å². The Labute approximate surface area is 227 Å². The van der Waals surface area contributed by atoms with Gasteiger partial charge in [-0.1, -0.05) is 42.6 Å². The van der Waals surface area contributed by atoms with E-state index in [2.05, 4.69) is 5.32 Å². The summed E-state index contributed by atoms with van der Waals surface area (Å²) in [6, 6.07) is 8.63. The van der Waals surface area contributed by atoms with Crippen LogP contribution in [-0.2, 0) is 26.2 Å². The van der Waals surface area contributed by atoms with Gasteiger partial charge in [-0.15, -0.1) is 0 Å². The van der Waals surface area contributed by atoms with Crippen molar-refractivity contribution in [2.24, 2.45) is 0 Å². The number of hydrogen-bond donors (Lipinski definition) is 1. The Morgan fingerprint density at radius 1 is 1.08 bits per heavy atom. The zero-order chi connectivity index (χ0) is 27.2.